The van der Waals surface area contributed by atoms with E-state index in [1.165, 1.54) is 0 Å². The Balaban J connectivity index is 1.44. The van der Waals surface area contributed by atoms with Crippen molar-refractivity contribution in [3.05, 3.63) is 66.0 Å². The second-order valence-electron chi connectivity index (χ2n) is 6.01. The molecule has 0 aliphatic heterocycles. The number of carbonyl (C=O) groups is 1. The van der Waals surface area contributed by atoms with Crippen molar-refractivity contribution in [1.82, 2.24) is 15.3 Å². The zero-order valence-electron chi connectivity index (χ0n) is 13.9. The molecule has 4 rings (SSSR count). The number of fused-ring (bicyclic) bond motifs is 2. The van der Waals surface area contributed by atoms with E-state index < -0.39 is 0 Å². The Hall–Kier alpha value is -3.21. The van der Waals surface area contributed by atoms with Gasteiger partial charge in [-0.3, -0.25) is 4.79 Å². The molecule has 4 aromatic rings. The first-order chi connectivity index (χ1) is 12.2. The summed E-state index contributed by atoms with van der Waals surface area (Å²) in [6.45, 7) is 0.578. The van der Waals surface area contributed by atoms with Gasteiger partial charge in [0.2, 0.25) is 0 Å². The molecule has 1 amide bonds. The number of methoxy groups -OCH3 is 1. The zero-order valence-corrected chi connectivity index (χ0v) is 13.9. The fourth-order valence-electron chi connectivity index (χ4n) is 3.10. The van der Waals surface area contributed by atoms with Crippen LogP contribution in [0.3, 0.4) is 0 Å². The molecule has 0 bridgehead atoms. The summed E-state index contributed by atoms with van der Waals surface area (Å²) < 4.78 is 5.29. The van der Waals surface area contributed by atoms with Crippen molar-refractivity contribution >= 4 is 27.7 Å². The summed E-state index contributed by atoms with van der Waals surface area (Å²) in [6.07, 6.45) is 4.62. The number of carbonyl (C=O) groups excluding carboxylic acids is 1. The first-order valence-corrected chi connectivity index (χ1v) is 8.24. The van der Waals surface area contributed by atoms with E-state index in [4.69, 9.17) is 4.74 Å². The molecule has 0 radical (unpaired) electrons. The Morgan fingerprint density at radius 1 is 1.08 bits per heavy atom. The number of hydrogen-bond acceptors (Lipinski definition) is 2. The molecule has 0 unspecified atom stereocenters. The van der Waals surface area contributed by atoms with Gasteiger partial charge < -0.3 is 20.0 Å². The van der Waals surface area contributed by atoms with Gasteiger partial charge in [-0.15, -0.1) is 0 Å². The van der Waals surface area contributed by atoms with Gasteiger partial charge in [0.05, 0.1) is 7.11 Å². The summed E-state index contributed by atoms with van der Waals surface area (Å²) in [4.78, 5) is 18.7. The van der Waals surface area contributed by atoms with Crippen LogP contribution in [0.5, 0.6) is 5.75 Å². The van der Waals surface area contributed by atoms with E-state index in [2.05, 4.69) is 15.3 Å². The lowest BCUT2D eigenvalue weighted by Gasteiger charge is -2.06. The molecule has 25 heavy (non-hydrogen) atoms. The number of aromatic nitrogens is 2. The number of nitrogens with one attached hydrogen (secondary N) is 3. The highest BCUT2D eigenvalue weighted by Crippen LogP contribution is 2.23. The molecule has 2 heterocycles. The molecular formula is C20H19N3O2. The lowest BCUT2D eigenvalue weighted by Crippen LogP contribution is -2.25. The topological polar surface area (TPSA) is 69.9 Å². The fraction of sp³-hybridized carbons (Fsp3) is 0.150. The Kier molecular flexibility index (Phi) is 3.90. The van der Waals surface area contributed by atoms with Crippen LogP contribution < -0.4 is 10.1 Å². The minimum absolute atomic E-state index is 0.0551. The van der Waals surface area contributed by atoms with E-state index in [1.807, 2.05) is 54.9 Å². The molecule has 0 atom stereocenters. The highest BCUT2D eigenvalue weighted by Gasteiger charge is 2.08. The normalized spacial score (nSPS) is 11.1. The van der Waals surface area contributed by atoms with Crippen LogP contribution in [-0.2, 0) is 6.42 Å². The average molecular weight is 333 g/mol. The minimum atomic E-state index is -0.0551. The first-order valence-electron chi connectivity index (χ1n) is 8.24. The summed E-state index contributed by atoms with van der Waals surface area (Å²) in [6, 6.07) is 13.6. The highest BCUT2D eigenvalue weighted by molar-refractivity contribution is 5.98. The van der Waals surface area contributed by atoms with Gasteiger partial charge in [0, 0.05) is 46.3 Å². The maximum atomic E-state index is 12.4. The van der Waals surface area contributed by atoms with E-state index in [-0.39, 0.29) is 5.91 Å². The van der Waals surface area contributed by atoms with Crippen molar-refractivity contribution in [2.45, 2.75) is 6.42 Å². The standard InChI is InChI=1S/C20H19N3O2/c1-25-16-3-5-19-17(11-16)15(12-23-19)7-9-22-20(24)14-2-4-18-13(10-14)6-8-21-18/h2-6,8,10-12,21,23H,7,9H2,1H3,(H,22,24). The van der Waals surface area contributed by atoms with E-state index in [0.29, 0.717) is 12.1 Å². The fourth-order valence-corrected chi connectivity index (χ4v) is 3.10. The molecule has 0 aliphatic rings. The van der Waals surface area contributed by atoms with Crippen LogP contribution in [0.1, 0.15) is 15.9 Å². The number of benzene rings is 2. The highest BCUT2D eigenvalue weighted by atomic mass is 16.5. The van der Waals surface area contributed by atoms with Crippen LogP contribution in [0.25, 0.3) is 21.8 Å². The van der Waals surface area contributed by atoms with Crippen molar-refractivity contribution in [2.75, 3.05) is 13.7 Å². The van der Waals surface area contributed by atoms with Gasteiger partial charge in [-0.2, -0.15) is 0 Å². The summed E-state index contributed by atoms with van der Waals surface area (Å²) in [7, 11) is 1.66. The second kappa shape index (κ2) is 6.36. The van der Waals surface area contributed by atoms with Gasteiger partial charge in [0.1, 0.15) is 5.75 Å². The lowest BCUT2D eigenvalue weighted by atomic mass is 10.1. The minimum Gasteiger partial charge on any atom is -0.497 e. The third-order valence-electron chi connectivity index (χ3n) is 4.47. The van der Waals surface area contributed by atoms with E-state index >= 15 is 0 Å². The molecule has 2 aromatic carbocycles. The van der Waals surface area contributed by atoms with Gasteiger partial charge >= 0.3 is 0 Å². The monoisotopic (exact) mass is 333 g/mol. The van der Waals surface area contributed by atoms with Gasteiger partial charge in [-0.25, -0.2) is 0 Å². The first kappa shape index (κ1) is 15.3. The van der Waals surface area contributed by atoms with Crippen LogP contribution >= 0.6 is 0 Å². The number of ether oxygens (including phenoxy) is 1. The van der Waals surface area contributed by atoms with Crippen molar-refractivity contribution < 1.29 is 9.53 Å². The van der Waals surface area contributed by atoms with Crippen molar-refractivity contribution in [1.29, 1.82) is 0 Å². The molecule has 0 saturated heterocycles. The Morgan fingerprint density at radius 2 is 1.96 bits per heavy atom. The van der Waals surface area contributed by atoms with Gasteiger partial charge in [-0.05, 0) is 54.4 Å². The summed E-state index contributed by atoms with van der Waals surface area (Å²) in [5.74, 6) is 0.776. The third-order valence-corrected chi connectivity index (χ3v) is 4.47. The van der Waals surface area contributed by atoms with Gasteiger partial charge in [0.25, 0.3) is 5.91 Å². The van der Waals surface area contributed by atoms with Gasteiger partial charge in [-0.1, -0.05) is 0 Å². The summed E-state index contributed by atoms with van der Waals surface area (Å²) >= 11 is 0. The molecule has 5 nitrogen and oxygen atoms in total. The smallest absolute Gasteiger partial charge is 0.251 e. The second-order valence-corrected chi connectivity index (χ2v) is 6.01. The molecule has 0 aliphatic carbocycles. The maximum absolute atomic E-state index is 12.4. The quantitative estimate of drug-likeness (QED) is 0.522. The van der Waals surface area contributed by atoms with E-state index in [1.54, 1.807) is 7.11 Å². The lowest BCUT2D eigenvalue weighted by molar-refractivity contribution is 0.0954. The number of amides is 1. The SMILES string of the molecule is COc1ccc2[nH]cc(CCNC(=O)c3ccc4[nH]ccc4c3)c2c1. The molecule has 126 valence electrons. The van der Waals surface area contributed by atoms with E-state index in [0.717, 1.165) is 39.5 Å². The predicted molar refractivity (Wildman–Crippen MR) is 99.2 cm³/mol. The summed E-state index contributed by atoms with van der Waals surface area (Å²) in [5.41, 5.74) is 3.94. The Labute approximate surface area is 145 Å². The molecule has 5 heteroatoms. The summed E-state index contributed by atoms with van der Waals surface area (Å²) in [5, 5.41) is 5.16. The number of H-pyrrole nitrogens is 2. The van der Waals surface area contributed by atoms with Crippen LogP contribution in [-0.4, -0.2) is 29.5 Å². The van der Waals surface area contributed by atoms with Crippen LogP contribution in [0.2, 0.25) is 0 Å². The van der Waals surface area contributed by atoms with Crippen LogP contribution in [0, 0.1) is 0 Å². The zero-order chi connectivity index (χ0) is 17.2. The molecule has 0 fully saturated rings. The van der Waals surface area contributed by atoms with Crippen LogP contribution in [0.15, 0.2) is 54.9 Å². The largest absolute Gasteiger partial charge is 0.497 e. The maximum Gasteiger partial charge on any atom is 0.251 e. The van der Waals surface area contributed by atoms with Crippen molar-refractivity contribution in [3.8, 4) is 5.75 Å². The molecule has 2 aromatic heterocycles. The molecule has 3 N–H and O–H groups in total. The van der Waals surface area contributed by atoms with Crippen molar-refractivity contribution in [2.24, 2.45) is 0 Å². The Morgan fingerprint density at radius 3 is 2.84 bits per heavy atom. The number of rotatable bonds is 5. The molecular weight excluding hydrogens is 314 g/mol. The van der Waals surface area contributed by atoms with Gasteiger partial charge in [0.15, 0.2) is 0 Å². The number of hydrogen-bond donors (Lipinski definition) is 3. The number of aromatic amines is 2. The van der Waals surface area contributed by atoms with Crippen LogP contribution in [0.4, 0.5) is 0 Å². The third kappa shape index (κ3) is 2.96. The average Bonchev–Trinajstić information content (AvgIpc) is 3.27. The van der Waals surface area contributed by atoms with Crippen molar-refractivity contribution in [3.63, 3.8) is 0 Å². The Bertz CT molecular complexity index is 1050. The van der Waals surface area contributed by atoms with E-state index in [9.17, 15) is 4.79 Å². The predicted octanol–water partition coefficient (Wildman–Crippen LogP) is 3.63. The molecule has 0 spiro atoms. The molecule has 0 saturated carbocycles.